The highest BCUT2D eigenvalue weighted by Gasteiger charge is 2.18. The second kappa shape index (κ2) is 12.6. The molecule has 55 heavy (non-hydrogen) atoms. The smallest absolute Gasteiger partial charge is 0.160 e. The first-order valence-corrected chi connectivity index (χ1v) is 18.6. The number of rotatable bonds is 5. The van der Waals surface area contributed by atoms with Crippen molar-refractivity contribution in [2.75, 3.05) is 0 Å². The Hall–Kier alpha value is -7.36. The van der Waals surface area contributed by atoms with Crippen LogP contribution in [0.25, 0.3) is 110 Å². The van der Waals surface area contributed by atoms with Gasteiger partial charge in [0.1, 0.15) is 11.2 Å². The predicted molar refractivity (Wildman–Crippen MR) is 229 cm³/mol. The fourth-order valence-corrected chi connectivity index (χ4v) is 8.21. The largest absolute Gasteiger partial charge is 0.455 e. The zero-order chi connectivity index (χ0) is 36.3. The second-order valence-electron chi connectivity index (χ2n) is 14.1. The van der Waals surface area contributed by atoms with Gasteiger partial charge in [-0.2, -0.15) is 0 Å². The molecule has 3 nitrogen and oxygen atoms in total. The van der Waals surface area contributed by atoms with Crippen molar-refractivity contribution in [1.82, 2.24) is 9.97 Å². The molecule has 11 aromatic rings. The summed E-state index contributed by atoms with van der Waals surface area (Å²) in [6, 6.07) is 68.6. The van der Waals surface area contributed by atoms with E-state index >= 15 is 0 Å². The van der Waals surface area contributed by atoms with Crippen molar-refractivity contribution in [2.24, 2.45) is 0 Å². The standard InChI is InChI=1S/C52H32N2O/c1-2-12-33(13-3-1)34-24-26-36(27-25-34)52-53-47(39-17-10-16-37(30-39)42-21-11-22-45-43-20-8-9-23-49(43)55-51(42)45)32-48(54-52)50-41-19-7-5-15-38(41)31-46-40-18-6-4-14-35(40)28-29-44(46)50/h1-32H. The third kappa shape index (κ3) is 5.28. The van der Waals surface area contributed by atoms with Gasteiger partial charge in [0.2, 0.25) is 0 Å². The van der Waals surface area contributed by atoms with Gasteiger partial charge in [-0.25, -0.2) is 9.97 Å². The van der Waals surface area contributed by atoms with E-state index in [1.807, 2.05) is 18.2 Å². The molecule has 0 bridgehead atoms. The van der Waals surface area contributed by atoms with Crippen molar-refractivity contribution in [3.8, 4) is 56.2 Å². The minimum Gasteiger partial charge on any atom is -0.455 e. The molecule has 2 aromatic heterocycles. The molecule has 0 atom stereocenters. The highest BCUT2D eigenvalue weighted by atomic mass is 16.3. The number of fused-ring (bicyclic) bond motifs is 7. The van der Waals surface area contributed by atoms with E-state index in [0.29, 0.717) is 5.82 Å². The molecule has 0 spiro atoms. The molecule has 0 saturated carbocycles. The Balaban J connectivity index is 1.14. The first-order chi connectivity index (χ1) is 27.2. The quantitative estimate of drug-likeness (QED) is 0.133. The molecule has 0 unspecified atom stereocenters. The minimum atomic E-state index is 0.679. The van der Waals surface area contributed by atoms with Gasteiger partial charge in [0, 0.05) is 33.0 Å². The Kier molecular flexibility index (Phi) is 7.17. The summed E-state index contributed by atoms with van der Waals surface area (Å²) in [5.41, 5.74) is 11.0. The van der Waals surface area contributed by atoms with E-state index in [2.05, 4.69) is 176 Å². The summed E-state index contributed by atoms with van der Waals surface area (Å²) < 4.78 is 6.47. The van der Waals surface area contributed by atoms with Gasteiger partial charge in [0.25, 0.3) is 0 Å². The Labute approximate surface area is 317 Å². The number of aromatic nitrogens is 2. The summed E-state index contributed by atoms with van der Waals surface area (Å²) in [7, 11) is 0. The van der Waals surface area contributed by atoms with E-state index in [0.717, 1.165) is 77.5 Å². The molecule has 0 N–H and O–H groups in total. The molecular weight excluding hydrogens is 669 g/mol. The highest BCUT2D eigenvalue weighted by Crippen LogP contribution is 2.41. The second-order valence-corrected chi connectivity index (χ2v) is 14.1. The van der Waals surface area contributed by atoms with Gasteiger partial charge in [-0.15, -0.1) is 0 Å². The van der Waals surface area contributed by atoms with E-state index in [9.17, 15) is 0 Å². The summed E-state index contributed by atoms with van der Waals surface area (Å²) in [6.07, 6.45) is 0. The van der Waals surface area contributed by atoms with Crippen LogP contribution >= 0.6 is 0 Å². The topological polar surface area (TPSA) is 38.9 Å². The molecule has 0 aliphatic rings. The van der Waals surface area contributed by atoms with Crippen LogP contribution in [-0.2, 0) is 0 Å². The van der Waals surface area contributed by atoms with E-state index in [1.165, 1.54) is 27.1 Å². The molecule has 0 aliphatic heterocycles. The van der Waals surface area contributed by atoms with E-state index in [4.69, 9.17) is 14.4 Å². The van der Waals surface area contributed by atoms with Crippen molar-refractivity contribution in [3.05, 3.63) is 194 Å². The fourth-order valence-electron chi connectivity index (χ4n) is 8.21. The maximum Gasteiger partial charge on any atom is 0.160 e. The van der Waals surface area contributed by atoms with Crippen LogP contribution in [0, 0.1) is 0 Å². The predicted octanol–water partition coefficient (Wildman–Crippen LogP) is 14.2. The van der Waals surface area contributed by atoms with Gasteiger partial charge < -0.3 is 4.42 Å². The van der Waals surface area contributed by atoms with Crippen LogP contribution in [0.1, 0.15) is 0 Å². The van der Waals surface area contributed by atoms with Gasteiger partial charge in [0.05, 0.1) is 11.4 Å². The monoisotopic (exact) mass is 700 g/mol. The van der Waals surface area contributed by atoms with Crippen molar-refractivity contribution < 1.29 is 4.42 Å². The lowest BCUT2D eigenvalue weighted by Crippen LogP contribution is -1.97. The lowest BCUT2D eigenvalue weighted by molar-refractivity contribution is 0.670. The van der Waals surface area contributed by atoms with Crippen LogP contribution in [0.2, 0.25) is 0 Å². The lowest BCUT2D eigenvalue weighted by Gasteiger charge is -2.16. The molecule has 2 heterocycles. The Morgan fingerprint density at radius 2 is 0.964 bits per heavy atom. The Morgan fingerprint density at radius 3 is 1.84 bits per heavy atom. The minimum absolute atomic E-state index is 0.679. The number of nitrogens with zero attached hydrogens (tertiary/aromatic N) is 2. The molecule has 0 radical (unpaired) electrons. The highest BCUT2D eigenvalue weighted by molar-refractivity contribution is 6.20. The van der Waals surface area contributed by atoms with Crippen molar-refractivity contribution in [1.29, 1.82) is 0 Å². The molecule has 3 heteroatoms. The number of furan rings is 1. The van der Waals surface area contributed by atoms with Crippen LogP contribution in [0.15, 0.2) is 199 Å². The third-order valence-electron chi connectivity index (χ3n) is 10.9. The SMILES string of the molecule is c1ccc(-c2ccc(-c3nc(-c4cccc(-c5cccc6c5oc5ccccc56)c4)cc(-c4c5ccccc5cc5c4ccc4ccccc45)n3)cc2)cc1. The average molecular weight is 701 g/mol. The van der Waals surface area contributed by atoms with E-state index in [1.54, 1.807) is 0 Å². The number of benzene rings is 9. The van der Waals surface area contributed by atoms with Crippen molar-refractivity contribution in [2.45, 2.75) is 0 Å². The summed E-state index contributed by atoms with van der Waals surface area (Å²) in [6.45, 7) is 0. The number of hydrogen-bond acceptors (Lipinski definition) is 3. The summed E-state index contributed by atoms with van der Waals surface area (Å²) >= 11 is 0. The average Bonchev–Trinajstić information content (AvgIpc) is 3.65. The summed E-state index contributed by atoms with van der Waals surface area (Å²) in [5.74, 6) is 0.679. The normalized spacial score (nSPS) is 11.6. The lowest BCUT2D eigenvalue weighted by atomic mass is 9.91. The molecule has 0 aliphatic carbocycles. The molecule has 0 saturated heterocycles. The zero-order valence-electron chi connectivity index (χ0n) is 29.8. The van der Waals surface area contributed by atoms with E-state index in [-0.39, 0.29) is 0 Å². The first-order valence-electron chi connectivity index (χ1n) is 18.6. The van der Waals surface area contributed by atoms with Gasteiger partial charge in [0.15, 0.2) is 5.82 Å². The first kappa shape index (κ1) is 31.2. The van der Waals surface area contributed by atoms with E-state index < -0.39 is 0 Å². The van der Waals surface area contributed by atoms with Gasteiger partial charge in [-0.1, -0.05) is 170 Å². The molecule has 0 fully saturated rings. The zero-order valence-corrected chi connectivity index (χ0v) is 29.8. The molecule has 256 valence electrons. The van der Waals surface area contributed by atoms with Crippen LogP contribution in [-0.4, -0.2) is 9.97 Å². The van der Waals surface area contributed by atoms with Gasteiger partial charge in [-0.3, -0.25) is 0 Å². The molecule has 0 amide bonds. The van der Waals surface area contributed by atoms with Crippen molar-refractivity contribution >= 4 is 54.3 Å². The van der Waals surface area contributed by atoms with Crippen LogP contribution < -0.4 is 0 Å². The molecule has 9 aromatic carbocycles. The number of para-hydroxylation sites is 2. The molecular formula is C52H32N2O. The van der Waals surface area contributed by atoms with Gasteiger partial charge >= 0.3 is 0 Å². The fraction of sp³-hybridized carbons (Fsp3) is 0. The Morgan fingerprint density at radius 1 is 0.327 bits per heavy atom. The maximum absolute atomic E-state index is 6.47. The van der Waals surface area contributed by atoms with Crippen LogP contribution in [0.4, 0.5) is 0 Å². The third-order valence-corrected chi connectivity index (χ3v) is 10.9. The van der Waals surface area contributed by atoms with Crippen LogP contribution in [0.5, 0.6) is 0 Å². The Bertz CT molecular complexity index is 3250. The summed E-state index contributed by atoms with van der Waals surface area (Å²) in [4.78, 5) is 10.7. The summed E-state index contributed by atoms with van der Waals surface area (Å²) in [5, 5.41) is 9.38. The van der Waals surface area contributed by atoms with Gasteiger partial charge in [-0.05, 0) is 73.3 Å². The maximum atomic E-state index is 6.47. The number of hydrogen-bond donors (Lipinski definition) is 0. The molecule has 11 rings (SSSR count). The van der Waals surface area contributed by atoms with Crippen LogP contribution in [0.3, 0.4) is 0 Å². The van der Waals surface area contributed by atoms with Crippen molar-refractivity contribution in [3.63, 3.8) is 0 Å².